The van der Waals surface area contributed by atoms with Crippen molar-refractivity contribution in [2.75, 3.05) is 17.4 Å². The molecule has 4 rings (SSSR count). The number of nitrogens with one attached hydrogen (secondary N) is 1. The molecule has 0 aliphatic heterocycles. The van der Waals surface area contributed by atoms with Gasteiger partial charge in [-0.25, -0.2) is 12.8 Å². The molecule has 0 fully saturated rings. The predicted octanol–water partition coefficient (Wildman–Crippen LogP) is 6.49. The van der Waals surface area contributed by atoms with Gasteiger partial charge < -0.3 is 10.2 Å². The molecule has 0 saturated carbocycles. The van der Waals surface area contributed by atoms with Crippen molar-refractivity contribution >= 4 is 50.7 Å². The zero-order valence-corrected chi connectivity index (χ0v) is 26.3. The molecule has 7 nitrogen and oxygen atoms in total. The highest BCUT2D eigenvalue weighted by molar-refractivity contribution is 7.92. The number of sulfonamides is 1. The lowest BCUT2D eigenvalue weighted by Gasteiger charge is -2.34. The van der Waals surface area contributed by atoms with Crippen molar-refractivity contribution in [3.63, 3.8) is 0 Å². The first kappa shape index (κ1) is 33.0. The largest absolute Gasteiger partial charge is 0.354 e. The molecule has 4 aromatic rings. The van der Waals surface area contributed by atoms with E-state index in [1.54, 1.807) is 18.2 Å². The van der Waals surface area contributed by atoms with Gasteiger partial charge in [0, 0.05) is 24.5 Å². The van der Waals surface area contributed by atoms with Gasteiger partial charge in [0.25, 0.3) is 10.0 Å². The number of amides is 2. The van der Waals surface area contributed by atoms with Crippen LogP contribution >= 0.6 is 23.2 Å². The maximum Gasteiger partial charge on any atom is 0.264 e. The zero-order valence-electron chi connectivity index (χ0n) is 24.0. The molecule has 0 bridgehead atoms. The van der Waals surface area contributed by atoms with E-state index in [0.29, 0.717) is 18.5 Å². The Morgan fingerprint density at radius 1 is 0.864 bits per heavy atom. The van der Waals surface area contributed by atoms with Crippen LogP contribution in [0.15, 0.2) is 108 Å². The molecule has 230 valence electrons. The lowest BCUT2D eigenvalue weighted by molar-refractivity contribution is -0.140. The fourth-order valence-corrected chi connectivity index (χ4v) is 6.50. The Morgan fingerprint density at radius 2 is 1.50 bits per heavy atom. The second kappa shape index (κ2) is 15.2. The van der Waals surface area contributed by atoms with E-state index in [0.717, 1.165) is 9.87 Å². The fourth-order valence-electron chi connectivity index (χ4n) is 4.62. The summed E-state index contributed by atoms with van der Waals surface area (Å²) in [5, 5.41) is 3.16. The van der Waals surface area contributed by atoms with Crippen LogP contribution in [0.3, 0.4) is 0 Å². The summed E-state index contributed by atoms with van der Waals surface area (Å²) in [7, 11) is -4.33. The van der Waals surface area contributed by atoms with Gasteiger partial charge in [0.05, 0.1) is 15.6 Å². The van der Waals surface area contributed by atoms with Crippen LogP contribution in [0.25, 0.3) is 0 Å². The Morgan fingerprint density at radius 3 is 2.14 bits per heavy atom. The molecule has 0 aliphatic rings. The average Bonchev–Trinajstić information content (AvgIpc) is 3.03. The summed E-state index contributed by atoms with van der Waals surface area (Å²) in [5.74, 6) is -1.52. The number of nitrogens with zero attached hydrogens (tertiary/aromatic N) is 2. The molecule has 44 heavy (non-hydrogen) atoms. The maximum absolute atomic E-state index is 14.4. The third kappa shape index (κ3) is 8.37. The lowest BCUT2D eigenvalue weighted by atomic mass is 10.0. The summed E-state index contributed by atoms with van der Waals surface area (Å²) in [6, 6.07) is 25.7. The summed E-state index contributed by atoms with van der Waals surface area (Å²) in [5.41, 5.74) is 1.36. The third-order valence-corrected chi connectivity index (χ3v) is 9.20. The van der Waals surface area contributed by atoms with Gasteiger partial charge in [-0.2, -0.15) is 0 Å². The van der Waals surface area contributed by atoms with E-state index in [4.69, 9.17) is 23.2 Å². The fraction of sp³-hybridized carbons (Fsp3) is 0.212. The number of hydrogen-bond acceptors (Lipinski definition) is 4. The first-order valence-electron chi connectivity index (χ1n) is 14.0. The molecule has 0 aromatic heterocycles. The molecule has 0 saturated heterocycles. The number of hydrogen-bond donors (Lipinski definition) is 1. The van der Waals surface area contributed by atoms with E-state index in [1.165, 1.54) is 59.5 Å². The van der Waals surface area contributed by atoms with Gasteiger partial charge in [-0.1, -0.05) is 90.8 Å². The quantitative estimate of drug-likeness (QED) is 0.178. The maximum atomic E-state index is 14.4. The molecule has 0 aliphatic carbocycles. The molecular formula is C33H32Cl2FN3O4S. The van der Waals surface area contributed by atoms with Crippen molar-refractivity contribution in [2.24, 2.45) is 0 Å². The summed E-state index contributed by atoms with van der Waals surface area (Å²) in [6.07, 6.45) is 0.832. The number of halogens is 3. The highest BCUT2D eigenvalue weighted by Crippen LogP contribution is 2.33. The number of benzene rings is 4. The molecule has 2 amide bonds. The van der Waals surface area contributed by atoms with Crippen molar-refractivity contribution in [2.45, 2.75) is 37.2 Å². The molecule has 0 radical (unpaired) electrons. The first-order valence-corrected chi connectivity index (χ1v) is 16.2. The highest BCUT2D eigenvalue weighted by Gasteiger charge is 2.35. The van der Waals surface area contributed by atoms with Crippen molar-refractivity contribution < 1.29 is 22.4 Å². The Bertz CT molecular complexity index is 1670. The Kier molecular flexibility index (Phi) is 11.4. The number of carbonyl (C=O) groups is 2. The second-order valence-electron chi connectivity index (χ2n) is 10.1. The van der Waals surface area contributed by atoms with E-state index in [-0.39, 0.29) is 33.6 Å². The van der Waals surface area contributed by atoms with Crippen LogP contribution in [0.5, 0.6) is 0 Å². The van der Waals surface area contributed by atoms with Gasteiger partial charge in [0.2, 0.25) is 11.8 Å². The molecule has 0 unspecified atom stereocenters. The van der Waals surface area contributed by atoms with Crippen molar-refractivity contribution in [1.29, 1.82) is 0 Å². The summed E-state index contributed by atoms with van der Waals surface area (Å²) in [4.78, 5) is 29.3. The minimum atomic E-state index is -4.33. The minimum absolute atomic E-state index is 0.00754. The minimum Gasteiger partial charge on any atom is -0.354 e. The SMILES string of the molecule is CCCNC(=O)[C@H](Cc1ccccc1)N(Cc1ccc(F)cc1)C(=O)CN(c1cc(Cl)ccc1Cl)S(=O)(=O)c1ccccc1. The van der Waals surface area contributed by atoms with Gasteiger partial charge in [-0.05, 0) is 60.0 Å². The van der Waals surface area contributed by atoms with Gasteiger partial charge in [0.1, 0.15) is 18.4 Å². The van der Waals surface area contributed by atoms with E-state index in [2.05, 4.69) is 5.32 Å². The number of rotatable bonds is 13. The molecular weight excluding hydrogens is 624 g/mol. The lowest BCUT2D eigenvalue weighted by Crippen LogP contribution is -2.53. The van der Waals surface area contributed by atoms with Crippen molar-refractivity contribution in [3.05, 3.63) is 130 Å². The van der Waals surface area contributed by atoms with Crippen LogP contribution in [0.1, 0.15) is 24.5 Å². The van der Waals surface area contributed by atoms with Crippen LogP contribution in [0.2, 0.25) is 10.0 Å². The normalized spacial score (nSPS) is 11.9. The van der Waals surface area contributed by atoms with Crippen LogP contribution in [-0.2, 0) is 32.6 Å². The van der Waals surface area contributed by atoms with Gasteiger partial charge >= 0.3 is 0 Å². The molecule has 0 spiro atoms. The standard InChI is InChI=1S/C33H32Cl2FN3O4S/c1-2-19-37-33(41)31(20-24-9-5-3-6-10-24)38(22-25-13-16-27(36)17-14-25)32(40)23-39(30-21-26(34)15-18-29(30)35)44(42,43)28-11-7-4-8-12-28/h3-18,21,31H,2,19-20,22-23H2,1H3,(H,37,41)/t31-/m0/s1. The molecule has 11 heteroatoms. The van der Waals surface area contributed by atoms with Crippen LogP contribution < -0.4 is 9.62 Å². The van der Waals surface area contributed by atoms with Crippen LogP contribution in [0.4, 0.5) is 10.1 Å². The second-order valence-corrected chi connectivity index (χ2v) is 12.8. The zero-order chi connectivity index (χ0) is 31.7. The summed E-state index contributed by atoms with van der Waals surface area (Å²) in [6.45, 7) is 1.52. The van der Waals surface area contributed by atoms with Gasteiger partial charge in [-0.3, -0.25) is 13.9 Å². The average molecular weight is 657 g/mol. The van der Waals surface area contributed by atoms with E-state index in [1.807, 2.05) is 37.3 Å². The molecule has 1 N–H and O–H groups in total. The van der Waals surface area contributed by atoms with Crippen molar-refractivity contribution in [3.8, 4) is 0 Å². The van der Waals surface area contributed by atoms with Crippen molar-refractivity contribution in [1.82, 2.24) is 10.2 Å². The van der Waals surface area contributed by atoms with E-state index >= 15 is 0 Å². The molecule has 4 aromatic carbocycles. The Balaban J connectivity index is 1.81. The third-order valence-electron chi connectivity index (χ3n) is 6.87. The van der Waals surface area contributed by atoms with E-state index < -0.39 is 40.2 Å². The van der Waals surface area contributed by atoms with E-state index in [9.17, 15) is 22.4 Å². The Hall–Kier alpha value is -3.92. The van der Waals surface area contributed by atoms with Crippen LogP contribution in [0, 0.1) is 5.82 Å². The number of carbonyl (C=O) groups excluding carboxylic acids is 2. The molecule has 0 heterocycles. The summed E-state index contributed by atoms with van der Waals surface area (Å²) < 4.78 is 42.7. The summed E-state index contributed by atoms with van der Waals surface area (Å²) >= 11 is 12.7. The smallest absolute Gasteiger partial charge is 0.264 e. The monoisotopic (exact) mass is 655 g/mol. The topological polar surface area (TPSA) is 86.8 Å². The van der Waals surface area contributed by atoms with Crippen LogP contribution in [-0.4, -0.2) is 44.3 Å². The Labute approximate surface area is 267 Å². The first-order chi connectivity index (χ1) is 21.1. The number of anilines is 1. The van der Waals surface area contributed by atoms with Gasteiger partial charge in [0.15, 0.2) is 0 Å². The predicted molar refractivity (Wildman–Crippen MR) is 172 cm³/mol. The molecule has 1 atom stereocenters. The van der Waals surface area contributed by atoms with Gasteiger partial charge in [-0.15, -0.1) is 0 Å². The highest BCUT2D eigenvalue weighted by atomic mass is 35.5.